The van der Waals surface area contributed by atoms with E-state index in [4.69, 9.17) is 9.97 Å². The van der Waals surface area contributed by atoms with E-state index >= 15 is 0 Å². The third-order valence-corrected chi connectivity index (χ3v) is 13.4. The monoisotopic (exact) mass is 707 g/mol. The maximum Gasteiger partial charge on any atom is 0.238 e. The minimum absolute atomic E-state index is 0.198. The van der Waals surface area contributed by atoms with Crippen molar-refractivity contribution in [3.63, 3.8) is 0 Å². The van der Waals surface area contributed by atoms with Crippen molar-refractivity contribution in [2.45, 2.75) is 120 Å². The number of fused-ring (bicyclic) bond motifs is 3. The minimum atomic E-state index is -0.545. The highest BCUT2D eigenvalue weighted by atomic mass is 16.2. The van der Waals surface area contributed by atoms with Gasteiger partial charge in [-0.05, 0) is 122 Å². The normalized spacial score (nSPS) is 25.5. The standard InChI is InChI=1S/C41H57N9O2/c1-27(2)49-26-43-35-24-34(45-39(38(35)49)44-29-8-9-29)28-7-10-33-36(21-28)50(32-22-31(23-32)48-17-5-4-6-18-48)40(52)41(33)13-19-47(20-14-41)25-37(51)46(3)30-11-15-42-16-12-30/h7,10,21,24,26-27,29-32,42H,4-6,8-9,11-20,22-23,25H2,1-3H3,(H,44,45)/t31-,32+. The van der Waals surface area contributed by atoms with Crippen molar-refractivity contribution >= 4 is 34.4 Å². The van der Waals surface area contributed by atoms with Gasteiger partial charge in [0.15, 0.2) is 5.82 Å². The Hall–Kier alpha value is -3.54. The van der Waals surface area contributed by atoms with Gasteiger partial charge in [0.05, 0.1) is 29.5 Å². The van der Waals surface area contributed by atoms with Gasteiger partial charge in [-0.3, -0.25) is 14.5 Å². The zero-order valence-corrected chi connectivity index (χ0v) is 31.4. The lowest BCUT2D eigenvalue weighted by molar-refractivity contribution is -0.134. The molecule has 2 amide bonds. The predicted molar refractivity (Wildman–Crippen MR) is 206 cm³/mol. The zero-order valence-electron chi connectivity index (χ0n) is 31.4. The second-order valence-corrected chi connectivity index (χ2v) is 17.0. The lowest BCUT2D eigenvalue weighted by Crippen LogP contribution is -2.58. The lowest BCUT2D eigenvalue weighted by Gasteiger charge is -2.48. The van der Waals surface area contributed by atoms with E-state index in [1.165, 1.54) is 50.8 Å². The van der Waals surface area contributed by atoms with Crippen LogP contribution in [0.2, 0.25) is 0 Å². The van der Waals surface area contributed by atoms with Gasteiger partial charge in [-0.2, -0.15) is 0 Å². The number of benzene rings is 1. The Morgan fingerprint density at radius 1 is 1.00 bits per heavy atom. The molecular weight excluding hydrogens is 651 g/mol. The maximum atomic E-state index is 14.9. The molecule has 11 heteroatoms. The number of amides is 2. The highest BCUT2D eigenvalue weighted by molar-refractivity contribution is 6.09. The third-order valence-electron chi connectivity index (χ3n) is 13.4. The summed E-state index contributed by atoms with van der Waals surface area (Å²) in [7, 11) is 1.97. The first-order valence-corrected chi connectivity index (χ1v) is 20.3. The fourth-order valence-electron chi connectivity index (χ4n) is 9.86. The van der Waals surface area contributed by atoms with E-state index in [9.17, 15) is 9.59 Å². The first kappa shape index (κ1) is 34.2. The number of nitrogens with zero attached hydrogens (tertiary/aromatic N) is 7. The quantitative estimate of drug-likeness (QED) is 0.315. The van der Waals surface area contributed by atoms with Crippen LogP contribution in [-0.4, -0.2) is 118 Å². The van der Waals surface area contributed by atoms with Gasteiger partial charge < -0.3 is 29.9 Å². The number of likely N-dealkylation sites (N-methyl/N-ethyl adjacent to an activating group) is 1. The van der Waals surface area contributed by atoms with Gasteiger partial charge in [0.25, 0.3) is 0 Å². The molecule has 4 aliphatic heterocycles. The summed E-state index contributed by atoms with van der Waals surface area (Å²) in [6.45, 7) is 10.6. The Bertz CT molecular complexity index is 1810. The van der Waals surface area contributed by atoms with E-state index < -0.39 is 5.41 Å². The van der Waals surface area contributed by atoms with Crippen molar-refractivity contribution in [3.8, 4) is 11.3 Å². The van der Waals surface area contributed by atoms with Gasteiger partial charge in [-0.1, -0.05) is 18.6 Å². The third kappa shape index (κ3) is 6.10. The average molecular weight is 708 g/mol. The van der Waals surface area contributed by atoms with E-state index in [1.807, 2.05) is 18.3 Å². The summed E-state index contributed by atoms with van der Waals surface area (Å²) in [4.78, 5) is 47.5. The summed E-state index contributed by atoms with van der Waals surface area (Å²) >= 11 is 0. The van der Waals surface area contributed by atoms with Gasteiger partial charge in [-0.25, -0.2) is 9.97 Å². The molecule has 278 valence electrons. The van der Waals surface area contributed by atoms with Crippen LogP contribution in [0.25, 0.3) is 22.3 Å². The molecule has 52 heavy (non-hydrogen) atoms. The summed E-state index contributed by atoms with van der Waals surface area (Å²) in [6, 6.07) is 10.7. The smallest absolute Gasteiger partial charge is 0.238 e. The van der Waals surface area contributed by atoms with Gasteiger partial charge in [-0.15, -0.1) is 0 Å². The van der Waals surface area contributed by atoms with Crippen LogP contribution in [0.3, 0.4) is 0 Å². The molecule has 1 spiro atoms. The number of hydrogen-bond donors (Lipinski definition) is 2. The molecular formula is C41H57N9O2. The molecule has 0 atom stereocenters. The average Bonchev–Trinajstić information content (AvgIpc) is 3.81. The number of nitrogens with one attached hydrogen (secondary N) is 2. The van der Waals surface area contributed by atoms with Crippen LogP contribution in [0.5, 0.6) is 0 Å². The van der Waals surface area contributed by atoms with Crippen LogP contribution >= 0.6 is 0 Å². The Morgan fingerprint density at radius 2 is 1.75 bits per heavy atom. The Labute approximate surface area is 308 Å². The molecule has 2 N–H and O–H groups in total. The van der Waals surface area contributed by atoms with Crippen molar-refractivity contribution in [1.82, 2.24) is 34.6 Å². The molecule has 9 rings (SSSR count). The number of anilines is 2. The number of pyridine rings is 1. The highest BCUT2D eigenvalue weighted by Gasteiger charge is 2.55. The molecule has 2 aromatic heterocycles. The van der Waals surface area contributed by atoms with E-state index in [2.05, 4.69) is 68.0 Å². The molecule has 0 unspecified atom stereocenters. The van der Waals surface area contributed by atoms with E-state index in [0.717, 1.165) is 98.5 Å². The van der Waals surface area contributed by atoms with Crippen LogP contribution in [0, 0.1) is 0 Å². The van der Waals surface area contributed by atoms with Crippen LogP contribution in [0.4, 0.5) is 11.5 Å². The van der Waals surface area contributed by atoms with Gasteiger partial charge >= 0.3 is 0 Å². The predicted octanol–water partition coefficient (Wildman–Crippen LogP) is 5.16. The maximum absolute atomic E-state index is 14.9. The molecule has 5 fully saturated rings. The Kier molecular flexibility index (Phi) is 9.02. The number of piperidine rings is 3. The topological polar surface area (TPSA) is 102 Å². The molecule has 2 saturated carbocycles. The van der Waals surface area contributed by atoms with Crippen molar-refractivity contribution in [2.24, 2.45) is 0 Å². The van der Waals surface area contributed by atoms with Gasteiger partial charge in [0.2, 0.25) is 11.8 Å². The SMILES string of the molecule is CC(C)n1cnc2cc(-c3ccc4c(c3)N([C@H]3C[C@@H](N5CCCCC5)C3)C(=O)C43CCN(CC(=O)N(C)C4CCNCC4)CC3)nc(NC3CC3)c21. The van der Waals surface area contributed by atoms with Gasteiger partial charge in [0, 0.05) is 61.6 Å². The number of aromatic nitrogens is 3. The first-order chi connectivity index (χ1) is 25.3. The summed E-state index contributed by atoms with van der Waals surface area (Å²) in [5, 5.41) is 7.11. The molecule has 3 aromatic rings. The fourth-order valence-corrected chi connectivity index (χ4v) is 9.86. The van der Waals surface area contributed by atoms with Crippen LogP contribution < -0.4 is 15.5 Å². The number of carbonyl (C=O) groups is 2. The molecule has 1 aromatic carbocycles. The second-order valence-electron chi connectivity index (χ2n) is 17.0. The van der Waals surface area contributed by atoms with Crippen LogP contribution in [-0.2, 0) is 15.0 Å². The van der Waals surface area contributed by atoms with Crippen molar-refractivity contribution < 1.29 is 9.59 Å². The number of rotatable bonds is 9. The Morgan fingerprint density at radius 3 is 2.46 bits per heavy atom. The summed E-state index contributed by atoms with van der Waals surface area (Å²) < 4.78 is 2.21. The van der Waals surface area contributed by atoms with Crippen LogP contribution in [0.15, 0.2) is 30.6 Å². The fraction of sp³-hybridized carbons (Fsp3) is 0.659. The number of likely N-dealkylation sites (tertiary alicyclic amines) is 2. The second kappa shape index (κ2) is 13.7. The highest BCUT2D eigenvalue weighted by Crippen LogP contribution is 2.52. The summed E-state index contributed by atoms with van der Waals surface area (Å²) in [5.41, 5.74) is 5.64. The molecule has 0 radical (unpaired) electrons. The van der Waals surface area contributed by atoms with E-state index in [0.29, 0.717) is 24.7 Å². The van der Waals surface area contributed by atoms with E-state index in [1.54, 1.807) is 0 Å². The number of carbonyl (C=O) groups excluding carboxylic acids is 2. The molecule has 2 aliphatic carbocycles. The lowest BCUT2D eigenvalue weighted by atomic mass is 9.73. The summed E-state index contributed by atoms with van der Waals surface area (Å²) in [6.07, 6.45) is 13.8. The molecule has 6 heterocycles. The van der Waals surface area contributed by atoms with Gasteiger partial charge in [0.1, 0.15) is 5.52 Å². The van der Waals surface area contributed by atoms with Crippen molar-refractivity contribution in [3.05, 3.63) is 36.2 Å². The largest absolute Gasteiger partial charge is 0.366 e. The molecule has 6 aliphatic rings. The number of imidazole rings is 1. The zero-order chi connectivity index (χ0) is 35.6. The van der Waals surface area contributed by atoms with E-state index in [-0.39, 0.29) is 23.9 Å². The minimum Gasteiger partial charge on any atom is -0.366 e. The Balaban J connectivity index is 1.01. The summed E-state index contributed by atoms with van der Waals surface area (Å²) in [5.74, 6) is 1.38. The van der Waals surface area contributed by atoms with Crippen molar-refractivity contribution in [2.75, 3.05) is 63.1 Å². The van der Waals surface area contributed by atoms with Crippen molar-refractivity contribution in [1.29, 1.82) is 0 Å². The van der Waals surface area contributed by atoms with Crippen LogP contribution in [0.1, 0.15) is 96.1 Å². The molecule has 3 saturated heterocycles. The first-order valence-electron chi connectivity index (χ1n) is 20.3. The molecule has 0 bridgehead atoms. The molecule has 11 nitrogen and oxygen atoms in total. The number of hydrogen-bond acceptors (Lipinski definition) is 8.